The van der Waals surface area contributed by atoms with Gasteiger partial charge in [-0.3, -0.25) is 15.0 Å². The predicted molar refractivity (Wildman–Crippen MR) is 128 cm³/mol. The molecule has 0 unspecified atom stereocenters. The van der Waals surface area contributed by atoms with E-state index in [4.69, 9.17) is 4.98 Å². The molecule has 3 amide bonds. The third kappa shape index (κ3) is 4.26. The van der Waals surface area contributed by atoms with Crippen molar-refractivity contribution in [1.82, 2.24) is 25.1 Å². The van der Waals surface area contributed by atoms with Crippen LogP contribution in [0.15, 0.2) is 18.5 Å². The van der Waals surface area contributed by atoms with Crippen LogP contribution in [0.3, 0.4) is 0 Å². The highest BCUT2D eigenvalue weighted by molar-refractivity contribution is 6.06. The van der Waals surface area contributed by atoms with E-state index in [1.165, 1.54) is 69.1 Å². The van der Waals surface area contributed by atoms with Gasteiger partial charge in [-0.25, -0.2) is 9.78 Å². The summed E-state index contributed by atoms with van der Waals surface area (Å²) in [5, 5.41) is 7.07. The number of hydrogen-bond donors (Lipinski definition) is 2. The lowest BCUT2D eigenvalue weighted by molar-refractivity contribution is -0.120. The predicted octanol–water partition coefficient (Wildman–Crippen LogP) is 3.00. The third-order valence-corrected chi connectivity index (χ3v) is 7.99. The molecule has 176 valence electrons. The SMILES string of the molecule is O=C1CCN(c2cnc3c(c2)c(C2CC2)cn3C2CCN(CC3CCNCC3)CC2)C(=O)N1. The Morgan fingerprint density at radius 3 is 2.52 bits per heavy atom. The van der Waals surface area contributed by atoms with Crippen LogP contribution in [0.5, 0.6) is 0 Å². The number of urea groups is 1. The first-order valence-electron chi connectivity index (χ1n) is 12.7. The molecule has 5 heterocycles. The van der Waals surface area contributed by atoms with E-state index >= 15 is 0 Å². The molecule has 0 bridgehead atoms. The van der Waals surface area contributed by atoms with Gasteiger partial charge in [0.2, 0.25) is 5.91 Å². The first-order chi connectivity index (χ1) is 16.2. The normalized spacial score (nSPS) is 23.9. The Balaban J connectivity index is 1.21. The molecular weight excluding hydrogens is 416 g/mol. The Hall–Kier alpha value is -2.45. The second kappa shape index (κ2) is 8.72. The van der Waals surface area contributed by atoms with Crippen LogP contribution < -0.4 is 15.5 Å². The lowest BCUT2D eigenvalue weighted by Gasteiger charge is -2.36. The van der Waals surface area contributed by atoms with Crippen LogP contribution in [-0.2, 0) is 4.79 Å². The molecular formula is C25H34N6O2. The molecule has 2 aromatic heterocycles. The van der Waals surface area contributed by atoms with E-state index in [-0.39, 0.29) is 11.9 Å². The van der Waals surface area contributed by atoms with Crippen LogP contribution in [-0.4, -0.2) is 65.7 Å². The summed E-state index contributed by atoms with van der Waals surface area (Å²) in [6.07, 6.45) is 11.9. The van der Waals surface area contributed by atoms with Gasteiger partial charge in [-0.2, -0.15) is 0 Å². The molecule has 0 atom stereocenters. The maximum absolute atomic E-state index is 12.4. The fraction of sp³-hybridized carbons (Fsp3) is 0.640. The molecule has 2 N–H and O–H groups in total. The van der Waals surface area contributed by atoms with Crippen molar-refractivity contribution in [2.24, 2.45) is 5.92 Å². The van der Waals surface area contributed by atoms with Crippen molar-refractivity contribution >= 4 is 28.7 Å². The number of rotatable bonds is 5. The fourth-order valence-corrected chi connectivity index (χ4v) is 5.91. The van der Waals surface area contributed by atoms with E-state index in [0.29, 0.717) is 24.9 Å². The number of carbonyl (C=O) groups is 2. The molecule has 8 nitrogen and oxygen atoms in total. The molecule has 3 aliphatic heterocycles. The highest BCUT2D eigenvalue weighted by atomic mass is 16.2. The largest absolute Gasteiger partial charge is 0.329 e. The number of piperidine rings is 2. The van der Waals surface area contributed by atoms with Crippen molar-refractivity contribution < 1.29 is 9.59 Å². The van der Waals surface area contributed by atoms with Crippen molar-refractivity contribution in [1.29, 1.82) is 0 Å². The Morgan fingerprint density at radius 2 is 1.79 bits per heavy atom. The number of likely N-dealkylation sites (tertiary alicyclic amines) is 1. The summed E-state index contributed by atoms with van der Waals surface area (Å²) < 4.78 is 2.43. The fourth-order valence-electron chi connectivity index (χ4n) is 5.91. The monoisotopic (exact) mass is 450 g/mol. The molecule has 4 fully saturated rings. The van der Waals surface area contributed by atoms with Gasteiger partial charge in [-0.15, -0.1) is 0 Å². The smallest absolute Gasteiger partial charge is 0.328 e. The second-order valence-corrected chi connectivity index (χ2v) is 10.3. The van der Waals surface area contributed by atoms with Crippen LogP contribution in [0, 0.1) is 5.92 Å². The van der Waals surface area contributed by atoms with Crippen LogP contribution in [0.4, 0.5) is 10.5 Å². The van der Waals surface area contributed by atoms with Gasteiger partial charge >= 0.3 is 6.03 Å². The highest BCUT2D eigenvalue weighted by Crippen LogP contribution is 2.45. The Labute approximate surface area is 194 Å². The zero-order valence-electron chi connectivity index (χ0n) is 19.3. The molecule has 33 heavy (non-hydrogen) atoms. The van der Waals surface area contributed by atoms with Crippen molar-refractivity contribution in [2.75, 3.05) is 44.2 Å². The number of imide groups is 1. The minimum absolute atomic E-state index is 0.207. The Kier molecular flexibility index (Phi) is 5.58. The summed E-state index contributed by atoms with van der Waals surface area (Å²) in [7, 11) is 0. The van der Waals surface area contributed by atoms with Gasteiger partial charge in [0.05, 0.1) is 11.9 Å². The van der Waals surface area contributed by atoms with Gasteiger partial charge < -0.3 is 14.8 Å². The number of aromatic nitrogens is 2. The maximum atomic E-state index is 12.4. The number of hydrogen-bond acceptors (Lipinski definition) is 5. The lowest BCUT2D eigenvalue weighted by Crippen LogP contribution is -2.49. The molecule has 0 radical (unpaired) electrons. The van der Waals surface area contributed by atoms with Crippen molar-refractivity contribution in [3.63, 3.8) is 0 Å². The van der Waals surface area contributed by atoms with Gasteiger partial charge in [-0.05, 0) is 75.1 Å². The topological polar surface area (TPSA) is 82.5 Å². The summed E-state index contributed by atoms with van der Waals surface area (Å²) in [6, 6.07) is 2.26. The van der Waals surface area contributed by atoms with Crippen molar-refractivity contribution in [3.8, 4) is 0 Å². The first kappa shape index (κ1) is 21.1. The summed E-state index contributed by atoms with van der Waals surface area (Å²) in [5.74, 6) is 1.25. The summed E-state index contributed by atoms with van der Waals surface area (Å²) in [6.45, 7) is 6.32. The van der Waals surface area contributed by atoms with E-state index in [2.05, 4.69) is 32.4 Å². The zero-order chi connectivity index (χ0) is 22.4. The Morgan fingerprint density at radius 1 is 1.00 bits per heavy atom. The van der Waals surface area contributed by atoms with Gasteiger partial charge in [0.1, 0.15) is 5.65 Å². The average Bonchev–Trinajstić information content (AvgIpc) is 3.61. The quantitative estimate of drug-likeness (QED) is 0.732. The maximum Gasteiger partial charge on any atom is 0.328 e. The summed E-state index contributed by atoms with van der Waals surface area (Å²) in [5.41, 5.74) is 3.21. The number of fused-ring (bicyclic) bond motifs is 1. The molecule has 1 saturated carbocycles. The van der Waals surface area contributed by atoms with E-state index in [1.54, 1.807) is 11.1 Å². The number of carbonyl (C=O) groups excluding carboxylic acids is 2. The number of amides is 3. The van der Waals surface area contributed by atoms with Gasteiger partial charge in [-0.1, -0.05) is 0 Å². The molecule has 0 aromatic carbocycles. The molecule has 6 rings (SSSR count). The Bertz CT molecular complexity index is 1050. The van der Waals surface area contributed by atoms with E-state index in [0.717, 1.165) is 30.3 Å². The van der Waals surface area contributed by atoms with Crippen LogP contribution in [0.2, 0.25) is 0 Å². The standard InChI is InChI=1S/C25H34N6O2/c32-23-7-12-30(25(33)28-23)20-13-21-22(18-1-2-18)16-31(24(21)27-14-20)19-5-10-29(11-6-19)15-17-3-8-26-9-4-17/h13-14,16-19,26H,1-12,15H2,(H,28,32,33). The average molecular weight is 451 g/mol. The molecule has 3 saturated heterocycles. The zero-order valence-corrected chi connectivity index (χ0v) is 19.3. The summed E-state index contributed by atoms with van der Waals surface area (Å²) >= 11 is 0. The minimum Gasteiger partial charge on any atom is -0.329 e. The number of pyridine rings is 1. The van der Waals surface area contributed by atoms with Crippen LogP contribution >= 0.6 is 0 Å². The number of nitrogens with zero attached hydrogens (tertiary/aromatic N) is 4. The second-order valence-electron chi connectivity index (χ2n) is 10.3. The first-order valence-corrected chi connectivity index (χ1v) is 12.7. The summed E-state index contributed by atoms with van der Waals surface area (Å²) in [4.78, 5) is 33.1. The van der Waals surface area contributed by atoms with Crippen molar-refractivity contribution in [2.45, 2.75) is 56.9 Å². The van der Waals surface area contributed by atoms with Crippen LogP contribution in [0.1, 0.15) is 62.5 Å². The molecule has 0 spiro atoms. The van der Waals surface area contributed by atoms with E-state index in [9.17, 15) is 9.59 Å². The molecule has 1 aliphatic carbocycles. The van der Waals surface area contributed by atoms with Gasteiger partial charge in [0.25, 0.3) is 0 Å². The minimum atomic E-state index is -0.346. The van der Waals surface area contributed by atoms with Crippen LogP contribution in [0.25, 0.3) is 11.0 Å². The van der Waals surface area contributed by atoms with Crippen molar-refractivity contribution in [3.05, 3.63) is 24.0 Å². The number of nitrogens with one attached hydrogen (secondary N) is 2. The number of anilines is 1. The van der Waals surface area contributed by atoms with Gasteiger partial charge in [0, 0.05) is 50.2 Å². The van der Waals surface area contributed by atoms with Gasteiger partial charge in [0.15, 0.2) is 0 Å². The van der Waals surface area contributed by atoms with E-state index in [1.807, 2.05) is 0 Å². The highest BCUT2D eigenvalue weighted by Gasteiger charge is 2.32. The molecule has 4 aliphatic rings. The molecule has 8 heteroatoms. The van der Waals surface area contributed by atoms with E-state index < -0.39 is 0 Å². The lowest BCUT2D eigenvalue weighted by atomic mass is 9.96. The molecule has 2 aromatic rings. The third-order valence-electron chi connectivity index (χ3n) is 7.99.